The van der Waals surface area contributed by atoms with Crippen molar-refractivity contribution in [2.24, 2.45) is 23.7 Å². The molecule has 1 N–H and O–H groups in total. The third-order valence-electron chi connectivity index (χ3n) is 8.10. The summed E-state index contributed by atoms with van der Waals surface area (Å²) in [7, 11) is 2.23. The maximum Gasteiger partial charge on any atom is 0.224 e. The van der Waals surface area contributed by atoms with Crippen molar-refractivity contribution in [1.29, 1.82) is 0 Å². The summed E-state index contributed by atoms with van der Waals surface area (Å²) in [6.45, 7) is 4.60. The molecule has 2 aliphatic carbocycles. The molecule has 156 valence electrons. The van der Waals surface area contributed by atoms with Gasteiger partial charge >= 0.3 is 0 Å². The first-order valence-electron chi connectivity index (χ1n) is 12.1. The van der Waals surface area contributed by atoms with Crippen LogP contribution in [0.4, 0.5) is 0 Å². The van der Waals surface area contributed by atoms with Crippen LogP contribution < -0.4 is 5.32 Å². The normalized spacial score (nSPS) is 31.9. The van der Waals surface area contributed by atoms with Gasteiger partial charge in [-0.15, -0.1) is 0 Å². The molecule has 3 atom stereocenters. The Labute approximate surface area is 168 Å². The number of rotatable bonds is 6. The predicted molar refractivity (Wildman–Crippen MR) is 113 cm³/mol. The van der Waals surface area contributed by atoms with Crippen molar-refractivity contribution in [2.75, 3.05) is 7.05 Å². The van der Waals surface area contributed by atoms with E-state index in [-0.39, 0.29) is 12.1 Å². The smallest absolute Gasteiger partial charge is 0.224 e. The van der Waals surface area contributed by atoms with Crippen LogP contribution in [0.2, 0.25) is 0 Å². The fraction of sp³-hybridized carbons (Fsp3) is 0.958. The van der Waals surface area contributed by atoms with Crippen LogP contribution in [-0.4, -0.2) is 30.1 Å². The second-order valence-corrected chi connectivity index (χ2v) is 9.92. The molecule has 3 rings (SSSR count). The molecular formula is C24H44N2O. The molecule has 1 heterocycles. The minimum Gasteiger partial charge on any atom is -0.340 e. The average molecular weight is 377 g/mol. The molecule has 0 radical (unpaired) electrons. The van der Waals surface area contributed by atoms with E-state index in [1.54, 1.807) is 0 Å². The van der Waals surface area contributed by atoms with Crippen LogP contribution in [0.5, 0.6) is 0 Å². The highest BCUT2D eigenvalue weighted by atomic mass is 16.2. The average Bonchev–Trinajstić information content (AvgIpc) is 2.69. The molecule has 3 aliphatic rings. The number of nitrogens with zero attached hydrogens (tertiary/aromatic N) is 1. The maximum absolute atomic E-state index is 13.7. The zero-order valence-electron chi connectivity index (χ0n) is 18.2. The summed E-state index contributed by atoms with van der Waals surface area (Å²) >= 11 is 0. The SMILES string of the molecule is CCCC1CCC(C)N(C)C1NC(=O)C(C1CCCCC1)C1CCCCC1. The second kappa shape index (κ2) is 10.3. The quantitative estimate of drug-likeness (QED) is 0.641. The lowest BCUT2D eigenvalue weighted by molar-refractivity contribution is -0.133. The number of hydrogen-bond acceptors (Lipinski definition) is 2. The number of amides is 1. The van der Waals surface area contributed by atoms with Gasteiger partial charge in [-0.05, 0) is 76.7 Å². The summed E-state index contributed by atoms with van der Waals surface area (Å²) in [6, 6.07) is 0.575. The van der Waals surface area contributed by atoms with Crippen LogP contribution in [0.1, 0.15) is 104 Å². The van der Waals surface area contributed by atoms with Crippen LogP contribution in [0, 0.1) is 23.7 Å². The Morgan fingerprint density at radius 1 is 0.926 bits per heavy atom. The number of carbonyl (C=O) groups is 1. The summed E-state index contributed by atoms with van der Waals surface area (Å²) in [5, 5.41) is 3.62. The molecule has 1 saturated heterocycles. The van der Waals surface area contributed by atoms with E-state index in [4.69, 9.17) is 0 Å². The van der Waals surface area contributed by atoms with E-state index in [2.05, 4.69) is 31.1 Å². The highest BCUT2D eigenvalue weighted by Crippen LogP contribution is 2.40. The standard InChI is InChI=1S/C24H44N2O/c1-4-11-21-17-16-18(2)26(3)23(21)25-24(27)22(19-12-7-5-8-13-19)20-14-9-6-10-15-20/h18-23H,4-17H2,1-3H3,(H,25,27). The number of piperidine rings is 1. The molecule has 3 fully saturated rings. The molecule has 3 nitrogen and oxygen atoms in total. The summed E-state index contributed by atoms with van der Waals surface area (Å²) in [5.41, 5.74) is 0. The van der Waals surface area contributed by atoms with Gasteiger partial charge in [0.1, 0.15) is 0 Å². The fourth-order valence-corrected chi connectivity index (χ4v) is 6.36. The van der Waals surface area contributed by atoms with Gasteiger partial charge in [0, 0.05) is 12.0 Å². The van der Waals surface area contributed by atoms with Crippen molar-refractivity contribution in [1.82, 2.24) is 10.2 Å². The minimum absolute atomic E-state index is 0.246. The molecule has 0 spiro atoms. The van der Waals surface area contributed by atoms with Crippen LogP contribution in [0.25, 0.3) is 0 Å². The Balaban J connectivity index is 1.73. The summed E-state index contributed by atoms with van der Waals surface area (Å²) < 4.78 is 0. The maximum atomic E-state index is 13.7. The van der Waals surface area contributed by atoms with Gasteiger partial charge in [0.2, 0.25) is 5.91 Å². The van der Waals surface area contributed by atoms with E-state index in [1.807, 2.05) is 0 Å². The van der Waals surface area contributed by atoms with Gasteiger partial charge in [-0.1, -0.05) is 51.9 Å². The van der Waals surface area contributed by atoms with Crippen molar-refractivity contribution in [3.63, 3.8) is 0 Å². The number of nitrogens with one attached hydrogen (secondary N) is 1. The van der Waals surface area contributed by atoms with Crippen molar-refractivity contribution in [3.05, 3.63) is 0 Å². The Morgan fingerprint density at radius 3 is 2.00 bits per heavy atom. The first-order valence-corrected chi connectivity index (χ1v) is 12.1. The Bertz CT molecular complexity index is 435. The Hall–Kier alpha value is -0.570. The fourth-order valence-electron chi connectivity index (χ4n) is 6.36. The molecular weight excluding hydrogens is 332 g/mol. The number of hydrogen-bond donors (Lipinski definition) is 1. The molecule has 1 amide bonds. The van der Waals surface area contributed by atoms with Gasteiger partial charge in [-0.2, -0.15) is 0 Å². The highest BCUT2D eigenvalue weighted by Gasteiger charge is 2.40. The lowest BCUT2D eigenvalue weighted by atomic mass is 9.69. The summed E-state index contributed by atoms with van der Waals surface area (Å²) in [5.74, 6) is 2.58. The van der Waals surface area contributed by atoms with Gasteiger partial charge < -0.3 is 5.32 Å². The molecule has 0 aromatic rings. The third-order valence-corrected chi connectivity index (χ3v) is 8.10. The van der Waals surface area contributed by atoms with Gasteiger partial charge in [-0.3, -0.25) is 9.69 Å². The van der Waals surface area contributed by atoms with E-state index in [1.165, 1.54) is 89.9 Å². The number of likely N-dealkylation sites (tertiary alicyclic amines) is 1. The zero-order chi connectivity index (χ0) is 19.2. The summed E-state index contributed by atoms with van der Waals surface area (Å²) in [4.78, 5) is 16.1. The van der Waals surface area contributed by atoms with E-state index < -0.39 is 0 Å². The van der Waals surface area contributed by atoms with E-state index in [9.17, 15) is 4.79 Å². The Kier molecular flexibility index (Phi) is 8.05. The molecule has 0 aromatic heterocycles. The molecule has 0 aromatic carbocycles. The number of carbonyl (C=O) groups excluding carboxylic acids is 1. The highest BCUT2D eigenvalue weighted by molar-refractivity contribution is 5.79. The van der Waals surface area contributed by atoms with Gasteiger partial charge in [-0.25, -0.2) is 0 Å². The third kappa shape index (κ3) is 5.28. The van der Waals surface area contributed by atoms with Crippen molar-refractivity contribution in [2.45, 2.75) is 116 Å². The minimum atomic E-state index is 0.246. The van der Waals surface area contributed by atoms with E-state index >= 15 is 0 Å². The van der Waals surface area contributed by atoms with Crippen LogP contribution in [0.15, 0.2) is 0 Å². The first kappa shape index (κ1) is 21.1. The lowest BCUT2D eigenvalue weighted by Crippen LogP contribution is -2.58. The molecule has 3 unspecified atom stereocenters. The predicted octanol–water partition coefficient (Wildman–Crippen LogP) is 5.74. The molecule has 2 saturated carbocycles. The van der Waals surface area contributed by atoms with Crippen LogP contribution >= 0.6 is 0 Å². The van der Waals surface area contributed by atoms with E-state index in [0.29, 0.717) is 29.7 Å². The Morgan fingerprint density at radius 2 is 1.48 bits per heavy atom. The van der Waals surface area contributed by atoms with Gasteiger partial charge in [0.05, 0.1) is 6.17 Å². The molecule has 3 heteroatoms. The van der Waals surface area contributed by atoms with Crippen molar-refractivity contribution in [3.8, 4) is 0 Å². The van der Waals surface area contributed by atoms with Gasteiger partial charge in [0.25, 0.3) is 0 Å². The van der Waals surface area contributed by atoms with Crippen molar-refractivity contribution >= 4 is 5.91 Å². The van der Waals surface area contributed by atoms with Gasteiger partial charge in [0.15, 0.2) is 0 Å². The monoisotopic (exact) mass is 376 g/mol. The zero-order valence-corrected chi connectivity index (χ0v) is 18.2. The molecule has 27 heavy (non-hydrogen) atoms. The van der Waals surface area contributed by atoms with E-state index in [0.717, 1.165) is 0 Å². The lowest BCUT2D eigenvalue weighted by Gasteiger charge is -2.45. The largest absolute Gasteiger partial charge is 0.340 e. The van der Waals surface area contributed by atoms with Crippen molar-refractivity contribution < 1.29 is 4.79 Å². The molecule has 1 aliphatic heterocycles. The van der Waals surface area contributed by atoms with Crippen LogP contribution in [-0.2, 0) is 4.79 Å². The molecule has 0 bridgehead atoms. The van der Waals surface area contributed by atoms with Crippen LogP contribution in [0.3, 0.4) is 0 Å². The summed E-state index contributed by atoms with van der Waals surface area (Å²) in [6.07, 6.45) is 18.4. The topological polar surface area (TPSA) is 32.3 Å². The first-order chi connectivity index (χ1) is 13.1. The second-order valence-electron chi connectivity index (χ2n) is 9.92.